The van der Waals surface area contributed by atoms with Crippen LogP contribution < -0.4 is 0 Å². The van der Waals surface area contributed by atoms with Crippen LogP contribution in [0, 0.1) is 4.77 Å². The van der Waals surface area contributed by atoms with Crippen LogP contribution in [0.3, 0.4) is 0 Å². The number of aromatic nitrogens is 3. The Morgan fingerprint density at radius 2 is 1.93 bits per heavy atom. The highest BCUT2D eigenvalue weighted by Crippen LogP contribution is 2.22. The van der Waals surface area contributed by atoms with Crippen LogP contribution in [0.2, 0.25) is 0 Å². The zero-order valence-corrected chi connectivity index (χ0v) is 10.0. The van der Waals surface area contributed by atoms with E-state index in [1.807, 2.05) is 11.7 Å². The van der Waals surface area contributed by atoms with Gasteiger partial charge in [0.1, 0.15) is 5.82 Å². The predicted octanol–water partition coefficient (Wildman–Crippen LogP) is 3.16. The molecule has 1 N–H and O–H groups in total. The van der Waals surface area contributed by atoms with Gasteiger partial charge < -0.3 is 0 Å². The number of aromatic amines is 1. The van der Waals surface area contributed by atoms with E-state index >= 15 is 0 Å². The van der Waals surface area contributed by atoms with Gasteiger partial charge in [0.15, 0.2) is 0 Å². The Bertz CT molecular complexity index is 320. The zero-order valence-electron chi connectivity index (χ0n) is 9.21. The number of H-pyrrole nitrogens is 1. The average Bonchev–Trinajstić information content (AvgIpc) is 2.47. The predicted molar refractivity (Wildman–Crippen MR) is 60.9 cm³/mol. The van der Waals surface area contributed by atoms with Crippen molar-refractivity contribution < 1.29 is 0 Å². The Morgan fingerprint density at radius 3 is 2.29 bits per heavy atom. The number of hydrogen-bond donors (Lipinski definition) is 1. The summed E-state index contributed by atoms with van der Waals surface area (Å²) in [5, 5.41) is 3.22. The number of nitrogens with zero attached hydrogens (tertiary/aromatic N) is 2. The van der Waals surface area contributed by atoms with Gasteiger partial charge in [0.2, 0.25) is 4.77 Å². The molecule has 0 unspecified atom stereocenters. The standard InChI is InChI=1S/C10H19N3S/c1-4-6-8(7-5-2)9-11-10(14)13(3)12-9/h8H,4-7H2,1-3H3,(H,11,12,14). The van der Waals surface area contributed by atoms with Gasteiger partial charge in [0.05, 0.1) is 0 Å². The van der Waals surface area contributed by atoms with Crippen molar-refractivity contribution >= 4 is 12.2 Å². The van der Waals surface area contributed by atoms with E-state index in [0.29, 0.717) is 10.7 Å². The highest BCUT2D eigenvalue weighted by atomic mass is 32.1. The second kappa shape index (κ2) is 5.29. The third-order valence-electron chi connectivity index (χ3n) is 2.45. The first-order valence-corrected chi connectivity index (χ1v) is 5.72. The molecule has 0 aliphatic heterocycles. The molecule has 1 heterocycles. The fourth-order valence-electron chi connectivity index (χ4n) is 1.72. The third-order valence-corrected chi connectivity index (χ3v) is 2.81. The molecule has 0 atom stereocenters. The summed E-state index contributed by atoms with van der Waals surface area (Å²) in [7, 11) is 1.91. The topological polar surface area (TPSA) is 33.6 Å². The Balaban J connectivity index is 2.81. The molecule has 0 aliphatic carbocycles. The second-order valence-electron chi connectivity index (χ2n) is 3.72. The van der Waals surface area contributed by atoms with Crippen LogP contribution in [-0.4, -0.2) is 14.8 Å². The lowest BCUT2D eigenvalue weighted by molar-refractivity contribution is 0.529. The summed E-state index contributed by atoms with van der Waals surface area (Å²) in [5.41, 5.74) is 0. The summed E-state index contributed by atoms with van der Waals surface area (Å²) in [6.45, 7) is 4.42. The molecular weight excluding hydrogens is 194 g/mol. The van der Waals surface area contributed by atoms with Crippen LogP contribution in [0.4, 0.5) is 0 Å². The maximum atomic E-state index is 5.08. The normalized spacial score (nSPS) is 11.1. The first-order chi connectivity index (χ1) is 6.69. The molecule has 0 fully saturated rings. The summed E-state index contributed by atoms with van der Waals surface area (Å²) in [6, 6.07) is 0. The van der Waals surface area contributed by atoms with Gasteiger partial charge in [-0.2, -0.15) is 0 Å². The van der Waals surface area contributed by atoms with Crippen LogP contribution in [0.25, 0.3) is 0 Å². The molecule has 0 saturated heterocycles. The molecule has 1 aromatic heterocycles. The summed E-state index contributed by atoms with van der Waals surface area (Å²) in [6.07, 6.45) is 4.77. The quantitative estimate of drug-likeness (QED) is 0.762. The smallest absolute Gasteiger partial charge is 0.215 e. The van der Waals surface area contributed by atoms with Gasteiger partial charge in [-0.3, -0.25) is 9.78 Å². The van der Waals surface area contributed by atoms with Crippen LogP contribution in [0.1, 0.15) is 51.3 Å². The van der Waals surface area contributed by atoms with Crippen molar-refractivity contribution in [2.75, 3.05) is 0 Å². The van der Waals surface area contributed by atoms with E-state index in [2.05, 4.69) is 23.9 Å². The fraction of sp³-hybridized carbons (Fsp3) is 0.800. The summed E-state index contributed by atoms with van der Waals surface area (Å²) < 4.78 is 2.46. The molecular formula is C10H19N3S. The zero-order chi connectivity index (χ0) is 10.6. The minimum absolute atomic E-state index is 0.549. The first-order valence-electron chi connectivity index (χ1n) is 5.32. The Kier molecular flexibility index (Phi) is 4.32. The lowest BCUT2D eigenvalue weighted by Crippen LogP contribution is -2.01. The fourth-order valence-corrected chi connectivity index (χ4v) is 1.86. The van der Waals surface area contributed by atoms with Crippen molar-refractivity contribution in [3.63, 3.8) is 0 Å². The van der Waals surface area contributed by atoms with Crippen molar-refractivity contribution in [3.8, 4) is 0 Å². The molecule has 4 heteroatoms. The van der Waals surface area contributed by atoms with E-state index in [0.717, 1.165) is 5.82 Å². The van der Waals surface area contributed by atoms with Crippen LogP contribution >= 0.6 is 12.2 Å². The van der Waals surface area contributed by atoms with Gasteiger partial charge in [-0.25, -0.2) is 4.98 Å². The van der Waals surface area contributed by atoms with Crippen molar-refractivity contribution in [1.82, 2.24) is 14.8 Å². The highest BCUT2D eigenvalue weighted by molar-refractivity contribution is 7.71. The Labute approximate surface area is 90.5 Å². The van der Waals surface area contributed by atoms with Gasteiger partial charge in [-0.1, -0.05) is 26.7 Å². The second-order valence-corrected chi connectivity index (χ2v) is 4.09. The number of rotatable bonds is 5. The molecule has 0 amide bonds. The van der Waals surface area contributed by atoms with E-state index in [9.17, 15) is 0 Å². The molecule has 1 rings (SSSR count). The molecule has 14 heavy (non-hydrogen) atoms. The minimum Gasteiger partial charge on any atom is -0.283 e. The van der Waals surface area contributed by atoms with E-state index < -0.39 is 0 Å². The van der Waals surface area contributed by atoms with E-state index in [-0.39, 0.29) is 0 Å². The van der Waals surface area contributed by atoms with Crippen LogP contribution in [0.5, 0.6) is 0 Å². The van der Waals surface area contributed by atoms with Gasteiger partial charge >= 0.3 is 0 Å². The lowest BCUT2D eigenvalue weighted by Gasteiger charge is -2.11. The van der Waals surface area contributed by atoms with Crippen LogP contribution in [0.15, 0.2) is 0 Å². The van der Waals surface area contributed by atoms with Crippen molar-refractivity contribution in [3.05, 3.63) is 10.6 Å². The van der Waals surface area contributed by atoms with Crippen molar-refractivity contribution in [1.29, 1.82) is 0 Å². The largest absolute Gasteiger partial charge is 0.283 e. The number of hydrogen-bond acceptors (Lipinski definition) is 2. The van der Waals surface area contributed by atoms with Gasteiger partial charge in [0.25, 0.3) is 0 Å². The van der Waals surface area contributed by atoms with Gasteiger partial charge in [0, 0.05) is 13.0 Å². The minimum atomic E-state index is 0.549. The average molecular weight is 213 g/mol. The van der Waals surface area contributed by atoms with Gasteiger partial charge in [-0.05, 0) is 25.1 Å². The molecule has 80 valence electrons. The molecule has 1 aromatic rings. The van der Waals surface area contributed by atoms with Crippen molar-refractivity contribution in [2.45, 2.75) is 45.4 Å². The summed E-state index contributed by atoms with van der Waals surface area (Å²) in [5.74, 6) is 1.61. The highest BCUT2D eigenvalue weighted by Gasteiger charge is 2.13. The van der Waals surface area contributed by atoms with E-state index in [1.54, 1.807) is 0 Å². The maximum Gasteiger partial charge on any atom is 0.215 e. The maximum absolute atomic E-state index is 5.08. The SMILES string of the molecule is CCCC(CCC)c1nc(=S)n(C)[nH]1. The number of nitrogens with one attached hydrogen (secondary N) is 1. The Hall–Kier alpha value is -0.640. The van der Waals surface area contributed by atoms with Crippen molar-refractivity contribution in [2.24, 2.45) is 7.05 Å². The first kappa shape index (κ1) is 11.4. The molecule has 0 aromatic carbocycles. The Morgan fingerprint density at radius 1 is 1.36 bits per heavy atom. The van der Waals surface area contributed by atoms with Gasteiger partial charge in [-0.15, -0.1) is 0 Å². The third kappa shape index (κ3) is 2.67. The molecule has 0 bridgehead atoms. The molecule has 0 spiro atoms. The monoisotopic (exact) mass is 213 g/mol. The summed E-state index contributed by atoms with van der Waals surface area (Å²) >= 11 is 5.08. The molecule has 3 nitrogen and oxygen atoms in total. The number of aryl methyl sites for hydroxylation is 1. The molecule has 0 saturated carbocycles. The summed E-state index contributed by atoms with van der Waals surface area (Å²) in [4.78, 5) is 4.37. The molecule has 0 aliphatic rings. The lowest BCUT2D eigenvalue weighted by atomic mass is 9.98. The van der Waals surface area contributed by atoms with Crippen LogP contribution in [-0.2, 0) is 7.05 Å². The van der Waals surface area contributed by atoms with E-state index in [4.69, 9.17) is 12.2 Å². The molecule has 0 radical (unpaired) electrons. The van der Waals surface area contributed by atoms with E-state index in [1.165, 1.54) is 25.7 Å².